The molecule has 0 unspecified atom stereocenters. The quantitative estimate of drug-likeness (QED) is 0.710. The van der Waals surface area contributed by atoms with Crippen LogP contribution in [-0.2, 0) is 10.0 Å². The Morgan fingerprint density at radius 2 is 1.96 bits per heavy atom. The molecule has 2 rings (SSSR count). The molecule has 1 aliphatic heterocycles. The highest BCUT2D eigenvalue weighted by Crippen LogP contribution is 2.24. The second kappa shape index (κ2) is 6.99. The van der Waals surface area contributed by atoms with Crippen LogP contribution < -0.4 is 4.90 Å². The van der Waals surface area contributed by atoms with E-state index in [9.17, 15) is 18.3 Å². The zero-order valence-electron chi connectivity index (χ0n) is 14.2. The molecule has 10 heteroatoms. The standard InChI is InChI=1S/C14H23N5O4S/c1-17(2)14(21)11-5-15-6-13(16-11)19-7-10(12(20)8-19)9-24(22,23)18(3)4/h5-6,10,12,20H,7-9H2,1-4H3/t10-,12+/m0/s1. The molecular formula is C14H23N5O4S. The summed E-state index contributed by atoms with van der Waals surface area (Å²) < 4.78 is 25.2. The van der Waals surface area contributed by atoms with E-state index in [1.54, 1.807) is 19.0 Å². The van der Waals surface area contributed by atoms with E-state index >= 15 is 0 Å². The van der Waals surface area contributed by atoms with Crippen molar-refractivity contribution in [1.82, 2.24) is 19.2 Å². The molecule has 1 aromatic rings. The van der Waals surface area contributed by atoms with Gasteiger partial charge in [0.05, 0.1) is 24.3 Å². The first kappa shape index (κ1) is 18.6. The number of hydrogen-bond donors (Lipinski definition) is 1. The van der Waals surface area contributed by atoms with Gasteiger partial charge in [0, 0.05) is 47.2 Å². The number of sulfonamides is 1. The van der Waals surface area contributed by atoms with Crippen LogP contribution in [0.2, 0.25) is 0 Å². The lowest BCUT2D eigenvalue weighted by atomic mass is 10.1. The van der Waals surface area contributed by atoms with Crippen LogP contribution in [0.15, 0.2) is 12.4 Å². The summed E-state index contributed by atoms with van der Waals surface area (Å²) in [5.41, 5.74) is 0.205. The average molecular weight is 357 g/mol. The Morgan fingerprint density at radius 1 is 1.29 bits per heavy atom. The molecule has 1 amide bonds. The van der Waals surface area contributed by atoms with Crippen molar-refractivity contribution in [3.63, 3.8) is 0 Å². The lowest BCUT2D eigenvalue weighted by Crippen LogP contribution is -2.33. The topological polar surface area (TPSA) is 107 Å². The number of carbonyl (C=O) groups is 1. The van der Waals surface area contributed by atoms with E-state index in [1.165, 1.54) is 31.4 Å². The van der Waals surface area contributed by atoms with Gasteiger partial charge in [-0.1, -0.05) is 0 Å². The van der Waals surface area contributed by atoms with Crippen molar-refractivity contribution < 1.29 is 18.3 Å². The molecule has 0 aliphatic carbocycles. The predicted octanol–water partition coefficient (Wildman–Crippen LogP) is -1.13. The fourth-order valence-electron chi connectivity index (χ4n) is 2.46. The average Bonchev–Trinajstić information content (AvgIpc) is 2.87. The smallest absolute Gasteiger partial charge is 0.273 e. The third-order valence-corrected chi connectivity index (χ3v) is 5.92. The molecule has 1 saturated heterocycles. The summed E-state index contributed by atoms with van der Waals surface area (Å²) in [4.78, 5) is 23.4. The molecule has 0 bridgehead atoms. The fourth-order valence-corrected chi connectivity index (χ4v) is 3.63. The Labute approximate surface area is 142 Å². The van der Waals surface area contributed by atoms with E-state index in [1.807, 2.05) is 0 Å². The number of amides is 1. The number of rotatable bonds is 5. The minimum Gasteiger partial charge on any atom is -0.391 e. The minimum absolute atomic E-state index is 0.137. The number of aliphatic hydroxyl groups is 1. The Kier molecular flexibility index (Phi) is 5.41. The number of carbonyl (C=O) groups excluding carboxylic acids is 1. The molecule has 1 fully saturated rings. The van der Waals surface area contributed by atoms with Crippen molar-refractivity contribution in [2.75, 3.05) is 51.9 Å². The zero-order valence-corrected chi connectivity index (χ0v) is 15.1. The lowest BCUT2D eigenvalue weighted by Gasteiger charge is -2.19. The van der Waals surface area contributed by atoms with Gasteiger partial charge in [-0.2, -0.15) is 0 Å². The van der Waals surface area contributed by atoms with Crippen LogP contribution in [0.1, 0.15) is 10.5 Å². The number of hydrogen-bond acceptors (Lipinski definition) is 7. The summed E-state index contributed by atoms with van der Waals surface area (Å²) in [7, 11) is 2.78. The van der Waals surface area contributed by atoms with E-state index in [0.717, 1.165) is 4.31 Å². The normalized spacial score (nSPS) is 21.3. The summed E-state index contributed by atoms with van der Waals surface area (Å²) in [6, 6.07) is 0. The molecule has 24 heavy (non-hydrogen) atoms. The van der Waals surface area contributed by atoms with Gasteiger partial charge in [-0.05, 0) is 0 Å². The van der Waals surface area contributed by atoms with Gasteiger partial charge in [0.25, 0.3) is 5.91 Å². The van der Waals surface area contributed by atoms with Crippen molar-refractivity contribution in [3.8, 4) is 0 Å². The van der Waals surface area contributed by atoms with Gasteiger partial charge in [-0.15, -0.1) is 0 Å². The van der Waals surface area contributed by atoms with Gasteiger partial charge < -0.3 is 14.9 Å². The highest BCUT2D eigenvalue weighted by atomic mass is 32.2. The van der Waals surface area contributed by atoms with Gasteiger partial charge in [0.1, 0.15) is 11.5 Å². The zero-order chi connectivity index (χ0) is 18.1. The van der Waals surface area contributed by atoms with Crippen molar-refractivity contribution in [2.24, 2.45) is 5.92 Å². The largest absolute Gasteiger partial charge is 0.391 e. The second-order valence-electron chi connectivity index (χ2n) is 6.26. The van der Waals surface area contributed by atoms with Crippen molar-refractivity contribution in [2.45, 2.75) is 6.10 Å². The van der Waals surface area contributed by atoms with E-state index in [-0.39, 0.29) is 23.9 Å². The van der Waals surface area contributed by atoms with E-state index < -0.39 is 22.0 Å². The summed E-state index contributed by atoms with van der Waals surface area (Å²) in [6.07, 6.45) is 2.10. The Hall–Kier alpha value is -1.78. The second-order valence-corrected chi connectivity index (χ2v) is 8.48. The van der Waals surface area contributed by atoms with Gasteiger partial charge >= 0.3 is 0 Å². The monoisotopic (exact) mass is 357 g/mol. The molecule has 1 aromatic heterocycles. The Bertz CT molecular complexity index is 707. The van der Waals surface area contributed by atoms with Crippen LogP contribution in [0.3, 0.4) is 0 Å². The van der Waals surface area contributed by atoms with Crippen molar-refractivity contribution >= 4 is 21.7 Å². The maximum atomic E-state index is 12.0. The van der Waals surface area contributed by atoms with Gasteiger partial charge in [0.2, 0.25) is 10.0 Å². The van der Waals surface area contributed by atoms with Crippen LogP contribution in [-0.4, -0.2) is 91.7 Å². The molecule has 2 heterocycles. The molecule has 0 radical (unpaired) electrons. The van der Waals surface area contributed by atoms with Crippen LogP contribution in [0.5, 0.6) is 0 Å². The number of β-amino-alcohol motifs (C(OH)–C–C–N with tert-alkyl or cyclic N) is 1. The lowest BCUT2D eigenvalue weighted by molar-refractivity contribution is 0.0821. The Morgan fingerprint density at radius 3 is 2.54 bits per heavy atom. The molecule has 0 spiro atoms. The first-order valence-electron chi connectivity index (χ1n) is 7.48. The molecule has 0 aromatic carbocycles. The SMILES string of the molecule is CN(C)C(=O)c1cncc(N2C[C@@H](CS(=O)(=O)N(C)C)[C@H](O)C2)n1. The third kappa shape index (κ3) is 4.00. The maximum absolute atomic E-state index is 12.0. The van der Waals surface area contributed by atoms with Crippen LogP contribution >= 0.6 is 0 Å². The van der Waals surface area contributed by atoms with Crippen LogP contribution in [0.25, 0.3) is 0 Å². The summed E-state index contributed by atoms with van der Waals surface area (Å²) >= 11 is 0. The molecule has 2 atom stereocenters. The maximum Gasteiger partial charge on any atom is 0.273 e. The summed E-state index contributed by atoms with van der Waals surface area (Å²) in [5, 5.41) is 10.2. The third-order valence-electron chi connectivity index (χ3n) is 3.96. The van der Waals surface area contributed by atoms with Gasteiger partial charge in [0.15, 0.2) is 0 Å². The first-order valence-corrected chi connectivity index (χ1v) is 9.09. The van der Waals surface area contributed by atoms with Gasteiger partial charge in [-0.3, -0.25) is 9.78 Å². The Balaban J connectivity index is 2.15. The molecule has 134 valence electrons. The first-order chi connectivity index (χ1) is 11.1. The highest BCUT2D eigenvalue weighted by Gasteiger charge is 2.36. The molecule has 0 saturated carbocycles. The molecule has 1 aliphatic rings. The summed E-state index contributed by atoms with van der Waals surface area (Å²) in [5.74, 6) is -0.378. The number of nitrogens with zero attached hydrogens (tertiary/aromatic N) is 5. The minimum atomic E-state index is -3.40. The van der Waals surface area contributed by atoms with Gasteiger partial charge in [-0.25, -0.2) is 17.7 Å². The molecule has 9 nitrogen and oxygen atoms in total. The van der Waals surface area contributed by atoms with E-state index in [2.05, 4.69) is 9.97 Å². The highest BCUT2D eigenvalue weighted by molar-refractivity contribution is 7.89. The predicted molar refractivity (Wildman–Crippen MR) is 89.2 cm³/mol. The summed E-state index contributed by atoms with van der Waals surface area (Å²) in [6.45, 7) is 0.588. The fraction of sp³-hybridized carbons (Fsp3) is 0.643. The molecular weight excluding hydrogens is 334 g/mol. The number of aromatic nitrogens is 2. The van der Waals surface area contributed by atoms with Crippen molar-refractivity contribution in [3.05, 3.63) is 18.1 Å². The molecule has 1 N–H and O–H groups in total. The van der Waals surface area contributed by atoms with Crippen LogP contribution in [0.4, 0.5) is 5.82 Å². The van der Waals surface area contributed by atoms with E-state index in [4.69, 9.17) is 0 Å². The number of aliphatic hydroxyl groups excluding tert-OH is 1. The van der Waals surface area contributed by atoms with Crippen LogP contribution in [0, 0.1) is 5.92 Å². The van der Waals surface area contributed by atoms with E-state index in [0.29, 0.717) is 12.4 Å². The number of anilines is 1. The van der Waals surface area contributed by atoms with Crippen molar-refractivity contribution in [1.29, 1.82) is 0 Å².